The second kappa shape index (κ2) is 15.0. The summed E-state index contributed by atoms with van der Waals surface area (Å²) in [7, 11) is 0. The minimum absolute atomic E-state index is 0.00352. The van der Waals surface area contributed by atoms with Gasteiger partial charge in [-0.15, -0.1) is 11.3 Å². The van der Waals surface area contributed by atoms with Gasteiger partial charge in [-0.05, 0) is 163 Å². The Morgan fingerprint density at radius 2 is 1.14 bits per heavy atom. The molecule has 0 radical (unpaired) electrons. The Morgan fingerprint density at radius 1 is 0.569 bits per heavy atom. The molecule has 2 aliphatic heterocycles. The van der Waals surface area contributed by atoms with Crippen LogP contribution in [-0.2, 0) is 21.7 Å². The Bertz CT molecular complexity index is 3020. The minimum atomic E-state index is 0.00352. The van der Waals surface area contributed by atoms with Gasteiger partial charge in [0.1, 0.15) is 0 Å². The molecule has 6 aromatic carbocycles. The maximum atomic E-state index is 2.70. The van der Waals surface area contributed by atoms with Crippen LogP contribution < -0.4 is 25.5 Å². The zero-order chi connectivity index (χ0) is 46.3. The van der Waals surface area contributed by atoms with Crippen LogP contribution in [0.1, 0.15) is 161 Å². The molecule has 0 spiro atoms. The molecule has 1 aliphatic carbocycles. The first-order chi connectivity index (χ1) is 30.5. The molecule has 0 saturated carbocycles. The molecule has 3 aliphatic rings. The number of benzene rings is 6. The molecule has 4 heteroatoms. The van der Waals surface area contributed by atoms with E-state index in [2.05, 4.69) is 223 Å². The number of nitrogens with zero attached hydrogens (tertiary/aromatic N) is 2. The maximum absolute atomic E-state index is 2.70. The van der Waals surface area contributed by atoms with Crippen molar-refractivity contribution >= 4 is 78.0 Å². The summed E-state index contributed by atoms with van der Waals surface area (Å²) in [4.78, 5) is 5.35. The van der Waals surface area contributed by atoms with E-state index >= 15 is 0 Å². The van der Waals surface area contributed by atoms with Gasteiger partial charge < -0.3 is 9.80 Å². The van der Waals surface area contributed by atoms with Crippen LogP contribution in [0.2, 0.25) is 0 Å². The van der Waals surface area contributed by atoms with Crippen molar-refractivity contribution in [2.45, 2.75) is 150 Å². The number of aryl methyl sites for hydroxylation is 1. The molecule has 0 atom stereocenters. The average molecular weight is 873 g/mol. The highest BCUT2D eigenvalue weighted by atomic mass is 32.1. The van der Waals surface area contributed by atoms with Crippen LogP contribution >= 0.6 is 11.3 Å². The van der Waals surface area contributed by atoms with Crippen LogP contribution in [-0.4, -0.2) is 6.71 Å². The van der Waals surface area contributed by atoms with Crippen LogP contribution in [0.3, 0.4) is 0 Å². The third kappa shape index (κ3) is 7.11. The van der Waals surface area contributed by atoms with Gasteiger partial charge in [0, 0.05) is 43.2 Å². The molecule has 10 rings (SSSR count). The maximum Gasteiger partial charge on any atom is 0.264 e. The Balaban J connectivity index is 1.34. The Labute approximate surface area is 395 Å². The van der Waals surface area contributed by atoms with Crippen molar-refractivity contribution in [1.29, 1.82) is 0 Å². The largest absolute Gasteiger partial charge is 0.311 e. The number of fused-ring (bicyclic) bond motifs is 7. The molecule has 0 saturated heterocycles. The Hall–Kier alpha value is -5.06. The van der Waals surface area contributed by atoms with E-state index in [1.165, 1.54) is 123 Å². The second-order valence-corrected chi connectivity index (χ2v) is 24.9. The smallest absolute Gasteiger partial charge is 0.264 e. The summed E-state index contributed by atoms with van der Waals surface area (Å²) in [5.74, 6) is 0.858. The molecule has 65 heavy (non-hydrogen) atoms. The first kappa shape index (κ1) is 43.8. The lowest BCUT2D eigenvalue weighted by atomic mass is 9.35. The number of rotatable bonds is 5. The lowest BCUT2D eigenvalue weighted by Crippen LogP contribution is -2.61. The Kier molecular flexibility index (Phi) is 10.1. The molecule has 2 nitrogen and oxygen atoms in total. The van der Waals surface area contributed by atoms with Crippen molar-refractivity contribution in [2.24, 2.45) is 0 Å². The monoisotopic (exact) mass is 873 g/mol. The molecular weight excluding hydrogens is 804 g/mol. The number of hydrogen-bond acceptors (Lipinski definition) is 3. The van der Waals surface area contributed by atoms with E-state index in [0.29, 0.717) is 11.8 Å². The van der Waals surface area contributed by atoms with E-state index in [0.717, 1.165) is 0 Å². The third-order valence-corrected chi connectivity index (χ3v) is 16.7. The molecule has 332 valence electrons. The zero-order valence-electron chi connectivity index (χ0n) is 41.8. The van der Waals surface area contributed by atoms with Gasteiger partial charge in [-0.1, -0.05) is 152 Å². The summed E-state index contributed by atoms with van der Waals surface area (Å²) in [6.45, 7) is 35.5. The highest BCUT2D eigenvalue weighted by Crippen LogP contribution is 2.53. The van der Waals surface area contributed by atoms with Gasteiger partial charge in [-0.3, -0.25) is 0 Å². The van der Waals surface area contributed by atoms with Crippen LogP contribution in [0.4, 0.5) is 34.1 Å². The quantitative estimate of drug-likeness (QED) is 0.159. The fraction of sp³-hybridized carbons (Fsp3) is 0.377. The molecule has 1 aromatic heterocycles. The molecule has 0 N–H and O–H groups in total. The predicted octanol–water partition coefficient (Wildman–Crippen LogP) is 16.2. The van der Waals surface area contributed by atoms with Gasteiger partial charge in [0.25, 0.3) is 6.71 Å². The van der Waals surface area contributed by atoms with Crippen molar-refractivity contribution in [3.05, 3.63) is 148 Å². The average Bonchev–Trinajstić information content (AvgIpc) is 3.62. The second-order valence-electron chi connectivity index (χ2n) is 23.8. The number of anilines is 6. The molecular formula is C61H69BN2S. The van der Waals surface area contributed by atoms with E-state index in [1.54, 1.807) is 0 Å². The summed E-state index contributed by atoms with van der Waals surface area (Å²) >= 11 is 2.02. The SMILES string of the molecule is Cc1cc2c3c(c1)N(c1ccc(C(C)C)cc1-c1ccc(C(C)(C)C)cc1)c1c(sc4ccc(C(C)(C)C)cc14)B3c1cc3c(cc1N2c1ccc(C(C)C)cc1)C(C)(C)CCC3(C)C. The van der Waals surface area contributed by atoms with Gasteiger partial charge >= 0.3 is 0 Å². The highest BCUT2D eigenvalue weighted by Gasteiger charge is 2.48. The molecule has 0 amide bonds. The molecule has 0 bridgehead atoms. The zero-order valence-corrected chi connectivity index (χ0v) is 42.7. The Morgan fingerprint density at radius 3 is 1.74 bits per heavy atom. The van der Waals surface area contributed by atoms with Gasteiger partial charge in [0.2, 0.25) is 0 Å². The molecule has 0 unspecified atom stereocenters. The van der Waals surface area contributed by atoms with Crippen LogP contribution in [0.25, 0.3) is 21.2 Å². The lowest BCUT2D eigenvalue weighted by molar-refractivity contribution is 0.332. The summed E-state index contributed by atoms with van der Waals surface area (Å²) < 4.78 is 2.79. The van der Waals surface area contributed by atoms with E-state index in [1.807, 2.05) is 11.3 Å². The fourth-order valence-corrected chi connectivity index (χ4v) is 12.5. The van der Waals surface area contributed by atoms with E-state index in [9.17, 15) is 0 Å². The van der Waals surface area contributed by atoms with Crippen molar-refractivity contribution in [2.75, 3.05) is 9.80 Å². The topological polar surface area (TPSA) is 6.48 Å². The first-order valence-electron chi connectivity index (χ1n) is 24.4. The van der Waals surface area contributed by atoms with Crippen molar-refractivity contribution < 1.29 is 0 Å². The van der Waals surface area contributed by atoms with E-state index in [-0.39, 0.29) is 28.4 Å². The molecule has 7 aromatic rings. The van der Waals surface area contributed by atoms with Crippen molar-refractivity contribution in [1.82, 2.24) is 0 Å². The number of hydrogen-bond donors (Lipinski definition) is 0. The number of thiophene rings is 1. The molecule has 0 fully saturated rings. The van der Waals surface area contributed by atoms with Crippen LogP contribution in [0.5, 0.6) is 0 Å². The lowest BCUT2D eigenvalue weighted by Gasteiger charge is -2.47. The molecule has 3 heterocycles. The third-order valence-electron chi connectivity index (χ3n) is 15.5. The normalized spacial score (nSPS) is 16.2. The highest BCUT2D eigenvalue weighted by molar-refractivity contribution is 7.33. The van der Waals surface area contributed by atoms with Crippen molar-refractivity contribution in [3.63, 3.8) is 0 Å². The van der Waals surface area contributed by atoms with Crippen LogP contribution in [0.15, 0.2) is 109 Å². The van der Waals surface area contributed by atoms with Gasteiger partial charge in [0.15, 0.2) is 0 Å². The summed E-state index contributed by atoms with van der Waals surface area (Å²) in [6, 6.07) is 43.9. The summed E-state index contributed by atoms with van der Waals surface area (Å²) in [5, 5.41) is 1.35. The standard InChI is InChI=1S/C61H69BN2S/c1-36(2)39-18-24-44(25-19-39)63-51-35-48-47(60(12,13)28-29-61(48,14)15)34-49(51)62-55-52(63)30-38(5)31-53(55)64(56-46-33-43(59(9,10)11)23-27-54(46)65-57(56)62)50-26-20-41(37(3)4)32-45(50)40-16-21-42(22-17-40)58(6,7)8/h16-27,30-37H,28-29H2,1-15H3. The van der Waals surface area contributed by atoms with Crippen molar-refractivity contribution in [3.8, 4) is 11.1 Å². The minimum Gasteiger partial charge on any atom is -0.311 e. The van der Waals surface area contributed by atoms with Crippen LogP contribution in [0, 0.1) is 6.92 Å². The van der Waals surface area contributed by atoms with Gasteiger partial charge in [0.05, 0.1) is 11.4 Å². The van der Waals surface area contributed by atoms with E-state index < -0.39 is 0 Å². The van der Waals surface area contributed by atoms with Gasteiger partial charge in [-0.25, -0.2) is 0 Å². The summed E-state index contributed by atoms with van der Waals surface area (Å²) in [6.07, 6.45) is 2.36. The first-order valence-corrected chi connectivity index (χ1v) is 25.2. The van der Waals surface area contributed by atoms with Gasteiger partial charge in [-0.2, -0.15) is 0 Å². The summed E-state index contributed by atoms with van der Waals surface area (Å²) in [5.41, 5.74) is 23.0. The van der Waals surface area contributed by atoms with E-state index in [4.69, 9.17) is 0 Å². The predicted molar refractivity (Wildman–Crippen MR) is 287 cm³/mol. The fourth-order valence-electron chi connectivity index (χ4n) is 11.2.